The first-order valence-electron chi connectivity index (χ1n) is 11.5. The van der Waals surface area contributed by atoms with E-state index in [9.17, 15) is 18.0 Å². The number of aliphatic carboxylic acids is 1. The van der Waals surface area contributed by atoms with Crippen molar-refractivity contribution < 1.29 is 33.3 Å². The van der Waals surface area contributed by atoms with Gasteiger partial charge in [0.15, 0.2) is 0 Å². The van der Waals surface area contributed by atoms with Gasteiger partial charge in [-0.1, -0.05) is 25.0 Å². The number of hydrogen-bond donors (Lipinski definition) is 2. The molecule has 0 aliphatic heterocycles. The van der Waals surface area contributed by atoms with Crippen LogP contribution in [0.5, 0.6) is 5.75 Å². The molecule has 2 aliphatic carbocycles. The molecular weight excluding hydrogens is 447 g/mol. The fourth-order valence-electron chi connectivity index (χ4n) is 5.53. The molecule has 1 heterocycles. The van der Waals surface area contributed by atoms with Crippen molar-refractivity contribution in [2.75, 3.05) is 0 Å². The van der Waals surface area contributed by atoms with Crippen molar-refractivity contribution in [2.24, 2.45) is 0 Å². The summed E-state index contributed by atoms with van der Waals surface area (Å²) in [5, 5.41) is 10.1. The lowest BCUT2D eigenvalue weighted by molar-refractivity contribution is -0.139. The van der Waals surface area contributed by atoms with Gasteiger partial charge >= 0.3 is 12.1 Å². The largest absolute Gasteiger partial charge is 0.489 e. The van der Waals surface area contributed by atoms with Crippen molar-refractivity contribution in [1.29, 1.82) is 0 Å². The van der Waals surface area contributed by atoms with Crippen LogP contribution in [0.15, 0.2) is 36.4 Å². The van der Waals surface area contributed by atoms with Crippen LogP contribution in [-0.2, 0) is 24.0 Å². The topological polar surface area (TPSA) is 93.8 Å². The number of ether oxygens (including phenoxy) is 1. The maximum atomic E-state index is 13.7. The Morgan fingerprint density at radius 1 is 1.09 bits per heavy atom. The molecule has 5 rings (SSSR count). The van der Waals surface area contributed by atoms with Gasteiger partial charge in [0.1, 0.15) is 12.4 Å². The zero-order valence-electron chi connectivity index (χ0n) is 18.7. The highest BCUT2D eigenvalue weighted by atomic mass is 19.4. The van der Waals surface area contributed by atoms with Crippen LogP contribution in [0.3, 0.4) is 0 Å². The number of aryl methyl sites for hydroxylation is 1. The number of carboxylic acids is 1. The SMILES string of the molecule is O.O=C(O)CC1CCc2c1[nH]c1ccc(OCc3ccc(C4CCCC4)c(C(F)(F)F)c3)cc21. The molecule has 0 radical (unpaired) electrons. The number of aromatic nitrogens is 1. The summed E-state index contributed by atoms with van der Waals surface area (Å²) in [5.74, 6) is -0.264. The Labute approximate surface area is 195 Å². The number of hydrogen-bond acceptors (Lipinski definition) is 2. The van der Waals surface area contributed by atoms with Gasteiger partial charge in [0, 0.05) is 22.5 Å². The molecule has 0 bridgehead atoms. The highest BCUT2D eigenvalue weighted by Gasteiger charge is 2.36. The van der Waals surface area contributed by atoms with E-state index >= 15 is 0 Å². The molecule has 1 saturated carbocycles. The van der Waals surface area contributed by atoms with Gasteiger partial charge in [0.2, 0.25) is 0 Å². The van der Waals surface area contributed by atoms with E-state index in [2.05, 4.69) is 4.98 Å². The Kier molecular flexibility index (Phi) is 6.62. The number of benzene rings is 2. The molecule has 4 N–H and O–H groups in total. The normalized spacial score (nSPS) is 18.1. The monoisotopic (exact) mass is 475 g/mol. The van der Waals surface area contributed by atoms with E-state index in [0.29, 0.717) is 16.9 Å². The molecule has 1 unspecified atom stereocenters. The average Bonchev–Trinajstić information content (AvgIpc) is 3.49. The predicted octanol–water partition coefficient (Wildman–Crippen LogP) is 6.10. The molecule has 8 heteroatoms. The minimum absolute atomic E-state index is 0. The molecule has 5 nitrogen and oxygen atoms in total. The molecule has 2 aliphatic rings. The Morgan fingerprint density at radius 2 is 1.85 bits per heavy atom. The zero-order valence-corrected chi connectivity index (χ0v) is 18.7. The van der Waals surface area contributed by atoms with Gasteiger partial charge < -0.3 is 20.3 Å². The molecule has 34 heavy (non-hydrogen) atoms. The van der Waals surface area contributed by atoms with Crippen LogP contribution in [0.2, 0.25) is 0 Å². The molecule has 3 aromatic rings. The van der Waals surface area contributed by atoms with Crippen LogP contribution >= 0.6 is 0 Å². The van der Waals surface area contributed by atoms with Gasteiger partial charge in [-0.2, -0.15) is 13.2 Å². The van der Waals surface area contributed by atoms with Gasteiger partial charge in [0.05, 0.1) is 12.0 Å². The predicted molar refractivity (Wildman–Crippen MR) is 122 cm³/mol. The second kappa shape index (κ2) is 9.33. The lowest BCUT2D eigenvalue weighted by Gasteiger charge is -2.19. The van der Waals surface area contributed by atoms with Gasteiger partial charge in [-0.05, 0) is 72.6 Å². The number of aromatic amines is 1. The van der Waals surface area contributed by atoms with Crippen molar-refractivity contribution in [2.45, 2.75) is 69.6 Å². The molecule has 0 spiro atoms. The molecule has 1 aromatic heterocycles. The van der Waals surface area contributed by atoms with E-state index in [1.54, 1.807) is 18.2 Å². The summed E-state index contributed by atoms with van der Waals surface area (Å²) in [5.41, 5.74) is 3.36. The Hall–Kier alpha value is -3.00. The summed E-state index contributed by atoms with van der Waals surface area (Å²) in [6, 6.07) is 10.2. The van der Waals surface area contributed by atoms with E-state index in [0.717, 1.165) is 60.7 Å². The van der Waals surface area contributed by atoms with E-state index in [4.69, 9.17) is 9.84 Å². The van der Waals surface area contributed by atoms with E-state index in [1.165, 1.54) is 6.07 Å². The average molecular weight is 476 g/mol. The molecule has 1 fully saturated rings. The van der Waals surface area contributed by atoms with Gasteiger partial charge in [-0.25, -0.2) is 0 Å². The number of carboxylic acid groups (broad SMARTS) is 1. The first-order chi connectivity index (χ1) is 15.8. The number of carbonyl (C=O) groups is 1. The Bertz CT molecular complexity index is 1190. The zero-order chi connectivity index (χ0) is 23.2. The summed E-state index contributed by atoms with van der Waals surface area (Å²) in [7, 11) is 0. The number of nitrogens with one attached hydrogen (secondary N) is 1. The van der Waals surface area contributed by atoms with Crippen molar-refractivity contribution in [3.8, 4) is 5.75 Å². The second-order valence-electron chi connectivity index (χ2n) is 9.25. The summed E-state index contributed by atoms with van der Waals surface area (Å²) < 4.78 is 47.1. The van der Waals surface area contributed by atoms with Crippen molar-refractivity contribution in [3.63, 3.8) is 0 Å². The molecule has 0 saturated heterocycles. The highest BCUT2D eigenvalue weighted by Crippen LogP contribution is 2.43. The maximum absolute atomic E-state index is 13.7. The Balaban J connectivity index is 0.00000274. The minimum atomic E-state index is -4.38. The lowest BCUT2D eigenvalue weighted by atomic mass is 9.91. The molecule has 1 atom stereocenters. The third kappa shape index (κ3) is 4.64. The van der Waals surface area contributed by atoms with Gasteiger partial charge in [-0.15, -0.1) is 0 Å². The number of halogens is 3. The van der Waals surface area contributed by atoms with Gasteiger partial charge in [0.25, 0.3) is 0 Å². The van der Waals surface area contributed by atoms with Crippen LogP contribution in [0.1, 0.15) is 78.3 Å². The van der Waals surface area contributed by atoms with E-state index < -0.39 is 17.7 Å². The number of fused-ring (bicyclic) bond motifs is 3. The number of rotatable bonds is 6. The smallest absolute Gasteiger partial charge is 0.416 e. The van der Waals surface area contributed by atoms with Crippen molar-refractivity contribution >= 4 is 16.9 Å². The first kappa shape index (κ1) is 24.1. The lowest BCUT2D eigenvalue weighted by Crippen LogP contribution is -2.12. The standard InChI is InChI=1S/C26H26F3NO3.H2O/c27-26(28,29)22-11-15(5-8-19(22)16-3-1-2-4-16)14-33-18-7-10-23-21(13-18)20-9-6-17(12-24(31)32)25(20)30-23;/h5,7-8,10-11,13,16-17,30H,1-4,6,9,12,14H2,(H,31,32);1H2. The third-order valence-corrected chi connectivity index (χ3v) is 7.11. The van der Waals surface area contributed by atoms with Crippen molar-refractivity contribution in [3.05, 3.63) is 64.3 Å². The summed E-state index contributed by atoms with van der Waals surface area (Å²) in [6.45, 7) is 0.0494. The van der Waals surface area contributed by atoms with Crippen molar-refractivity contribution in [1.82, 2.24) is 4.98 Å². The Morgan fingerprint density at radius 3 is 2.56 bits per heavy atom. The second-order valence-corrected chi connectivity index (χ2v) is 9.25. The third-order valence-electron chi connectivity index (χ3n) is 7.11. The van der Waals surface area contributed by atoms with E-state index in [1.807, 2.05) is 12.1 Å². The fraction of sp³-hybridized carbons (Fsp3) is 0.423. The van der Waals surface area contributed by atoms with Crippen LogP contribution < -0.4 is 4.74 Å². The first-order valence-corrected chi connectivity index (χ1v) is 11.5. The number of H-pyrrole nitrogens is 1. The maximum Gasteiger partial charge on any atom is 0.416 e. The summed E-state index contributed by atoms with van der Waals surface area (Å²) >= 11 is 0. The summed E-state index contributed by atoms with van der Waals surface area (Å²) in [4.78, 5) is 14.5. The van der Waals surface area contributed by atoms with Crippen LogP contribution in [0, 0.1) is 0 Å². The fourth-order valence-corrected chi connectivity index (χ4v) is 5.53. The summed E-state index contributed by atoms with van der Waals surface area (Å²) in [6.07, 6.45) is 0.897. The molecule has 2 aromatic carbocycles. The van der Waals surface area contributed by atoms with Crippen LogP contribution in [0.4, 0.5) is 13.2 Å². The minimum Gasteiger partial charge on any atom is -0.489 e. The van der Waals surface area contributed by atoms with Crippen LogP contribution in [-0.4, -0.2) is 21.5 Å². The van der Waals surface area contributed by atoms with Gasteiger partial charge in [-0.3, -0.25) is 4.79 Å². The van der Waals surface area contributed by atoms with Crippen LogP contribution in [0.25, 0.3) is 10.9 Å². The quantitative estimate of drug-likeness (QED) is 0.451. The highest BCUT2D eigenvalue weighted by molar-refractivity contribution is 5.87. The number of alkyl halides is 3. The molecule has 182 valence electrons. The molecular formula is C26H28F3NO4. The van der Waals surface area contributed by atoms with E-state index in [-0.39, 0.29) is 30.3 Å². The molecule has 0 amide bonds.